The lowest BCUT2D eigenvalue weighted by Crippen LogP contribution is -2.29. The summed E-state index contributed by atoms with van der Waals surface area (Å²) in [6, 6.07) is 21.2. The Morgan fingerprint density at radius 1 is 1.06 bits per heavy atom. The summed E-state index contributed by atoms with van der Waals surface area (Å²) in [5.41, 5.74) is 2.32. The van der Waals surface area contributed by atoms with Crippen LogP contribution in [0.1, 0.15) is 22.3 Å². The van der Waals surface area contributed by atoms with Crippen molar-refractivity contribution in [2.24, 2.45) is 5.92 Å². The predicted octanol–water partition coefficient (Wildman–Crippen LogP) is 4.27. The van der Waals surface area contributed by atoms with Crippen molar-refractivity contribution in [3.8, 4) is 5.75 Å². The van der Waals surface area contributed by atoms with Crippen LogP contribution in [0.5, 0.6) is 5.75 Å². The van der Waals surface area contributed by atoms with Crippen molar-refractivity contribution in [1.29, 1.82) is 0 Å². The van der Waals surface area contributed by atoms with Crippen LogP contribution in [0.15, 0.2) is 72.8 Å². The quantitative estimate of drug-likeness (QED) is 0.532. The Hall–Kier alpha value is -3.84. The van der Waals surface area contributed by atoms with E-state index in [0.29, 0.717) is 28.5 Å². The molecule has 0 saturated carbocycles. The second kappa shape index (κ2) is 10.4. The van der Waals surface area contributed by atoms with Gasteiger partial charge < -0.3 is 20.3 Å². The summed E-state index contributed by atoms with van der Waals surface area (Å²) in [4.78, 5) is 39.9. The fourth-order valence-corrected chi connectivity index (χ4v) is 4.01. The van der Waals surface area contributed by atoms with Crippen molar-refractivity contribution in [1.82, 2.24) is 5.32 Å². The number of anilines is 2. The third kappa shape index (κ3) is 5.38. The average molecular weight is 478 g/mol. The smallest absolute Gasteiger partial charge is 0.253 e. The van der Waals surface area contributed by atoms with Crippen LogP contribution in [-0.4, -0.2) is 31.4 Å². The number of carbonyl (C=O) groups is 3. The Balaban J connectivity index is 1.40. The van der Waals surface area contributed by atoms with Crippen molar-refractivity contribution in [3.63, 3.8) is 0 Å². The number of halogens is 1. The highest BCUT2D eigenvalue weighted by Crippen LogP contribution is 2.28. The first-order valence-electron chi connectivity index (χ1n) is 10.8. The minimum Gasteiger partial charge on any atom is -0.497 e. The van der Waals surface area contributed by atoms with Crippen LogP contribution in [0.25, 0.3) is 0 Å². The Morgan fingerprint density at radius 2 is 1.82 bits per heavy atom. The number of carbonyl (C=O) groups excluding carboxylic acids is 3. The molecular weight excluding hydrogens is 454 g/mol. The highest BCUT2D eigenvalue weighted by molar-refractivity contribution is 6.31. The largest absolute Gasteiger partial charge is 0.497 e. The summed E-state index contributed by atoms with van der Waals surface area (Å²) in [6.07, 6.45) is 0.0875. The number of hydrogen-bond acceptors (Lipinski definition) is 4. The maximum absolute atomic E-state index is 13.0. The lowest BCUT2D eigenvalue weighted by Gasteiger charge is -2.17. The molecule has 174 valence electrons. The summed E-state index contributed by atoms with van der Waals surface area (Å²) in [6.45, 7) is 0.577. The van der Waals surface area contributed by atoms with E-state index >= 15 is 0 Å². The number of nitrogens with zero attached hydrogens (tertiary/aromatic N) is 1. The van der Waals surface area contributed by atoms with Crippen molar-refractivity contribution in [3.05, 3.63) is 88.9 Å². The maximum Gasteiger partial charge on any atom is 0.253 e. The maximum atomic E-state index is 13.0. The number of ether oxygens (including phenoxy) is 1. The molecule has 0 aromatic heterocycles. The van der Waals surface area contributed by atoms with Gasteiger partial charge in [-0.25, -0.2) is 0 Å². The highest BCUT2D eigenvalue weighted by atomic mass is 35.5. The van der Waals surface area contributed by atoms with Gasteiger partial charge in [-0.3, -0.25) is 14.4 Å². The molecule has 0 radical (unpaired) electrons. The number of nitrogens with one attached hydrogen (secondary N) is 2. The highest BCUT2D eigenvalue weighted by Gasteiger charge is 2.35. The summed E-state index contributed by atoms with van der Waals surface area (Å²) >= 11 is 6.04. The lowest BCUT2D eigenvalue weighted by molar-refractivity contribution is -0.122. The van der Waals surface area contributed by atoms with Gasteiger partial charge in [0, 0.05) is 30.2 Å². The van der Waals surface area contributed by atoms with Gasteiger partial charge in [0.15, 0.2) is 0 Å². The fourth-order valence-electron chi connectivity index (χ4n) is 3.82. The Labute approximate surface area is 202 Å². The van der Waals surface area contributed by atoms with Gasteiger partial charge in [0.1, 0.15) is 5.75 Å². The van der Waals surface area contributed by atoms with Crippen LogP contribution in [0.3, 0.4) is 0 Å². The van der Waals surface area contributed by atoms with Gasteiger partial charge in [-0.1, -0.05) is 41.9 Å². The molecule has 0 unspecified atom stereocenters. The number of para-hydroxylation sites is 1. The molecule has 1 fully saturated rings. The molecule has 2 N–H and O–H groups in total. The third-order valence-corrected chi connectivity index (χ3v) is 5.89. The minimum absolute atomic E-state index is 0.0875. The molecule has 0 aliphatic carbocycles. The van der Waals surface area contributed by atoms with Gasteiger partial charge in [-0.15, -0.1) is 0 Å². The van der Waals surface area contributed by atoms with Crippen LogP contribution >= 0.6 is 11.6 Å². The fraction of sp³-hybridized carbons (Fsp3) is 0.192. The predicted molar refractivity (Wildman–Crippen MR) is 131 cm³/mol. The van der Waals surface area contributed by atoms with E-state index in [1.807, 2.05) is 24.3 Å². The summed E-state index contributed by atoms with van der Waals surface area (Å²) < 4.78 is 5.15. The molecular formula is C26H24ClN3O4. The number of benzene rings is 3. The first-order chi connectivity index (χ1) is 16.4. The third-order valence-electron chi connectivity index (χ3n) is 5.66. The average Bonchev–Trinajstić information content (AvgIpc) is 3.25. The molecule has 34 heavy (non-hydrogen) atoms. The molecule has 3 amide bonds. The van der Waals surface area contributed by atoms with Crippen LogP contribution < -0.4 is 20.3 Å². The van der Waals surface area contributed by atoms with Crippen LogP contribution in [0, 0.1) is 5.92 Å². The van der Waals surface area contributed by atoms with Gasteiger partial charge in [-0.2, -0.15) is 0 Å². The van der Waals surface area contributed by atoms with Crippen LogP contribution in [-0.2, 0) is 16.1 Å². The lowest BCUT2D eigenvalue weighted by atomic mass is 10.1. The second-order valence-electron chi connectivity index (χ2n) is 7.95. The first kappa shape index (κ1) is 23.3. The molecule has 0 spiro atoms. The van der Waals surface area contributed by atoms with Crippen molar-refractivity contribution in [2.45, 2.75) is 13.0 Å². The zero-order valence-electron chi connectivity index (χ0n) is 18.6. The van der Waals surface area contributed by atoms with E-state index < -0.39 is 5.92 Å². The Bertz CT molecular complexity index is 1210. The van der Waals surface area contributed by atoms with E-state index in [2.05, 4.69) is 10.6 Å². The van der Waals surface area contributed by atoms with Crippen molar-refractivity contribution >= 4 is 40.7 Å². The van der Waals surface area contributed by atoms with Gasteiger partial charge in [-0.05, 0) is 48.0 Å². The van der Waals surface area contributed by atoms with E-state index in [0.717, 1.165) is 11.3 Å². The molecule has 4 rings (SSSR count). The van der Waals surface area contributed by atoms with Crippen molar-refractivity contribution in [2.75, 3.05) is 23.9 Å². The summed E-state index contributed by atoms with van der Waals surface area (Å²) in [7, 11) is 1.60. The monoisotopic (exact) mass is 477 g/mol. The first-order valence-corrected chi connectivity index (χ1v) is 11.2. The number of amides is 3. The van der Waals surface area contributed by atoms with E-state index in [-0.39, 0.29) is 30.7 Å². The van der Waals surface area contributed by atoms with E-state index in [1.165, 1.54) is 0 Å². The summed E-state index contributed by atoms with van der Waals surface area (Å²) in [5, 5.41) is 6.22. The second-order valence-corrected chi connectivity index (χ2v) is 8.39. The zero-order valence-corrected chi connectivity index (χ0v) is 19.3. The van der Waals surface area contributed by atoms with Gasteiger partial charge in [0.2, 0.25) is 11.8 Å². The minimum atomic E-state index is -0.540. The van der Waals surface area contributed by atoms with Gasteiger partial charge in [0.05, 0.1) is 24.3 Å². The van der Waals surface area contributed by atoms with E-state index in [1.54, 1.807) is 60.5 Å². The molecule has 1 saturated heterocycles. The molecule has 7 nitrogen and oxygen atoms in total. The van der Waals surface area contributed by atoms with Gasteiger partial charge >= 0.3 is 0 Å². The number of hydrogen-bond donors (Lipinski definition) is 2. The Morgan fingerprint density at radius 3 is 2.56 bits per heavy atom. The molecule has 1 aliphatic heterocycles. The van der Waals surface area contributed by atoms with Crippen molar-refractivity contribution < 1.29 is 19.1 Å². The Kier molecular flexibility index (Phi) is 7.13. The van der Waals surface area contributed by atoms with E-state index in [4.69, 9.17) is 16.3 Å². The standard InChI is InChI=1S/C26H24ClN3O4/c1-34-21-11-9-17(10-12-21)15-28-26(33)22-7-2-3-8-23(22)29-25(32)18-13-24(31)30(16-18)20-6-4-5-19(27)14-20/h2-12,14,18H,13,15-16H2,1H3,(H,28,33)(H,29,32)/t18-/m0/s1. The molecule has 8 heteroatoms. The zero-order chi connectivity index (χ0) is 24.1. The normalized spacial score (nSPS) is 15.2. The molecule has 3 aromatic rings. The molecule has 1 aliphatic rings. The van der Waals surface area contributed by atoms with Gasteiger partial charge in [0.25, 0.3) is 5.91 Å². The topological polar surface area (TPSA) is 87.7 Å². The molecule has 1 heterocycles. The van der Waals surface area contributed by atoms with E-state index in [9.17, 15) is 14.4 Å². The molecule has 1 atom stereocenters. The summed E-state index contributed by atoms with van der Waals surface area (Å²) in [5.74, 6) is -0.569. The molecule has 0 bridgehead atoms. The van der Waals surface area contributed by atoms with Crippen LogP contribution in [0.4, 0.5) is 11.4 Å². The number of methoxy groups -OCH3 is 1. The SMILES string of the molecule is COc1ccc(CNC(=O)c2ccccc2NC(=O)[C@H]2CC(=O)N(c3cccc(Cl)c3)C2)cc1. The van der Waals surface area contributed by atoms with Crippen LogP contribution in [0.2, 0.25) is 5.02 Å². The molecule has 3 aromatic carbocycles. The number of rotatable bonds is 7.